The van der Waals surface area contributed by atoms with E-state index in [9.17, 15) is 9.90 Å². The highest BCUT2D eigenvalue weighted by Gasteiger charge is 2.44. The Morgan fingerprint density at radius 2 is 1.95 bits per heavy atom. The minimum atomic E-state index is -0.929. The topological polar surface area (TPSA) is 60.5 Å². The number of aromatic carboxylic acids is 1. The molecule has 2 rings (SSSR count). The lowest BCUT2D eigenvalue weighted by Crippen LogP contribution is -3.00. The fraction of sp³-hybridized carbons (Fsp3) is 0.429. The number of fused-ring (bicyclic) bond motifs is 1. The van der Waals surface area contributed by atoms with E-state index in [0.29, 0.717) is 0 Å². The maximum absolute atomic E-state index is 11.0. The number of rotatable bonds is 2. The van der Waals surface area contributed by atoms with Crippen LogP contribution < -0.4 is 24.0 Å². The van der Waals surface area contributed by atoms with Gasteiger partial charge >= 0.3 is 5.97 Å². The van der Waals surface area contributed by atoms with Crippen molar-refractivity contribution < 1.29 is 43.6 Å². The van der Waals surface area contributed by atoms with Crippen LogP contribution in [0.4, 0.5) is 5.69 Å². The molecule has 0 amide bonds. The molecule has 0 aromatic heterocycles. The predicted octanol–water partition coefficient (Wildman–Crippen LogP) is -0.877. The highest BCUT2D eigenvalue weighted by atomic mass is 127. The Morgan fingerprint density at radius 3 is 2.42 bits per heavy atom. The molecule has 0 fully saturated rings. The van der Waals surface area contributed by atoms with Crippen LogP contribution in [-0.2, 0) is 5.41 Å². The average Bonchev–Trinajstić information content (AvgIpc) is 2.47. The number of carboxylic acid groups (broad SMARTS) is 1. The summed E-state index contributed by atoms with van der Waals surface area (Å²) in [6, 6.07) is 5.04. The molecule has 0 aliphatic carbocycles. The normalized spacial score (nSPS) is 17.7. The third-order valence-electron chi connectivity index (χ3n) is 3.82. The maximum Gasteiger partial charge on any atom is 0.335 e. The van der Waals surface area contributed by atoms with Gasteiger partial charge in [0.1, 0.15) is 0 Å². The van der Waals surface area contributed by atoms with E-state index < -0.39 is 12.2 Å². The van der Waals surface area contributed by atoms with Crippen LogP contribution in [-0.4, -0.2) is 32.7 Å². The Labute approximate surface area is 129 Å². The molecule has 0 saturated heterocycles. The molecular weight excluding hydrogens is 357 g/mol. The number of aliphatic hydroxyl groups excluding tert-OH is 1. The van der Waals surface area contributed by atoms with Gasteiger partial charge in [0.25, 0.3) is 6.23 Å². The average molecular weight is 375 g/mol. The third-order valence-corrected chi connectivity index (χ3v) is 3.82. The van der Waals surface area contributed by atoms with E-state index in [2.05, 4.69) is 0 Å². The molecule has 0 radical (unpaired) electrons. The second-order valence-electron chi connectivity index (χ2n) is 5.25. The number of nitrogens with zero attached hydrogens (tertiary/aromatic N) is 1. The van der Waals surface area contributed by atoms with Crippen molar-refractivity contribution in [3.8, 4) is 0 Å². The van der Waals surface area contributed by atoms with Crippen LogP contribution in [0.3, 0.4) is 0 Å². The van der Waals surface area contributed by atoms with Crippen molar-refractivity contribution in [1.29, 1.82) is 0 Å². The van der Waals surface area contributed by atoms with E-state index >= 15 is 0 Å². The summed E-state index contributed by atoms with van der Waals surface area (Å²) in [5.41, 5.74) is 2.87. The Bertz CT molecular complexity index is 562. The molecule has 0 spiro atoms. The van der Waals surface area contributed by atoms with Gasteiger partial charge in [-0.15, -0.1) is 0 Å². The Balaban J connectivity index is 0.00000180. The van der Waals surface area contributed by atoms with E-state index in [4.69, 9.17) is 5.11 Å². The van der Waals surface area contributed by atoms with Gasteiger partial charge in [0.15, 0.2) is 5.71 Å². The van der Waals surface area contributed by atoms with Gasteiger partial charge in [0, 0.05) is 25.5 Å². The number of hydrogen-bond acceptors (Lipinski definition) is 2. The molecule has 1 aromatic rings. The van der Waals surface area contributed by atoms with Crippen LogP contribution in [0.2, 0.25) is 0 Å². The molecule has 104 valence electrons. The van der Waals surface area contributed by atoms with Gasteiger partial charge in [-0.1, -0.05) is 0 Å². The predicted molar refractivity (Wildman–Crippen MR) is 68.7 cm³/mol. The van der Waals surface area contributed by atoms with Crippen molar-refractivity contribution in [3.05, 3.63) is 29.3 Å². The smallest absolute Gasteiger partial charge is 0.335 e. The zero-order chi connectivity index (χ0) is 13.7. The first-order valence-corrected chi connectivity index (χ1v) is 5.96. The molecule has 1 heterocycles. The van der Waals surface area contributed by atoms with E-state index in [0.717, 1.165) is 17.0 Å². The lowest BCUT2D eigenvalue weighted by Gasteiger charge is -2.15. The third kappa shape index (κ3) is 2.41. The van der Waals surface area contributed by atoms with Crippen molar-refractivity contribution in [1.82, 2.24) is 0 Å². The monoisotopic (exact) mass is 375 g/mol. The van der Waals surface area contributed by atoms with Gasteiger partial charge in [-0.05, 0) is 26.0 Å². The number of carbonyl (C=O) groups is 1. The molecule has 19 heavy (non-hydrogen) atoms. The zero-order valence-electron chi connectivity index (χ0n) is 11.4. The Kier molecular flexibility index (Phi) is 4.41. The quantitative estimate of drug-likeness (QED) is 0.522. The highest BCUT2D eigenvalue weighted by molar-refractivity contribution is 5.95. The molecule has 1 aromatic carbocycles. The number of benzene rings is 1. The second kappa shape index (κ2) is 5.20. The van der Waals surface area contributed by atoms with Crippen LogP contribution in [0.5, 0.6) is 0 Å². The summed E-state index contributed by atoms with van der Waals surface area (Å²) < 4.78 is 1.85. The summed E-state index contributed by atoms with van der Waals surface area (Å²) in [4.78, 5) is 11.0. The van der Waals surface area contributed by atoms with Crippen molar-refractivity contribution in [2.75, 3.05) is 0 Å². The SMILES string of the molecule is CC1=[N+](C(C)O)c2ccc(C(=O)O)cc2C1(C)C.[I-]. The van der Waals surface area contributed by atoms with Crippen molar-refractivity contribution in [2.45, 2.75) is 39.3 Å². The van der Waals surface area contributed by atoms with Gasteiger partial charge in [0.05, 0.1) is 11.0 Å². The summed E-state index contributed by atoms with van der Waals surface area (Å²) in [7, 11) is 0. The summed E-state index contributed by atoms with van der Waals surface area (Å²) >= 11 is 0. The molecule has 5 heteroatoms. The second-order valence-corrected chi connectivity index (χ2v) is 5.25. The molecule has 0 saturated carbocycles. The molecule has 1 aliphatic rings. The number of carboxylic acids is 1. The van der Waals surface area contributed by atoms with Gasteiger partial charge < -0.3 is 34.2 Å². The van der Waals surface area contributed by atoms with E-state index in [-0.39, 0.29) is 35.0 Å². The van der Waals surface area contributed by atoms with E-state index in [1.54, 1.807) is 25.1 Å². The van der Waals surface area contributed by atoms with Crippen molar-refractivity contribution in [3.63, 3.8) is 0 Å². The largest absolute Gasteiger partial charge is 1.00 e. The fourth-order valence-corrected chi connectivity index (χ4v) is 2.54. The van der Waals surface area contributed by atoms with Gasteiger partial charge in [0.2, 0.25) is 5.69 Å². The lowest BCUT2D eigenvalue weighted by atomic mass is 9.81. The number of hydrogen-bond donors (Lipinski definition) is 2. The van der Waals surface area contributed by atoms with Crippen molar-refractivity contribution in [2.24, 2.45) is 0 Å². The summed E-state index contributed by atoms with van der Waals surface area (Å²) in [5.74, 6) is -0.929. The van der Waals surface area contributed by atoms with Gasteiger partial charge in [-0.3, -0.25) is 0 Å². The summed E-state index contributed by atoms with van der Waals surface area (Å²) in [5, 5.41) is 18.9. The minimum absolute atomic E-state index is 0. The Morgan fingerprint density at radius 1 is 1.37 bits per heavy atom. The van der Waals surface area contributed by atoms with Gasteiger partial charge in [-0.25, -0.2) is 4.79 Å². The first-order valence-electron chi connectivity index (χ1n) is 5.96. The zero-order valence-corrected chi connectivity index (χ0v) is 13.6. The van der Waals surface area contributed by atoms with E-state index in [1.807, 2.05) is 25.3 Å². The molecule has 4 nitrogen and oxygen atoms in total. The summed E-state index contributed by atoms with van der Waals surface area (Å²) in [6.45, 7) is 7.75. The molecule has 2 N–H and O–H groups in total. The molecule has 1 aliphatic heterocycles. The number of halogens is 1. The minimum Gasteiger partial charge on any atom is -1.00 e. The summed E-state index contributed by atoms with van der Waals surface area (Å²) in [6.07, 6.45) is -0.624. The van der Waals surface area contributed by atoms with Crippen LogP contribution in [0.15, 0.2) is 18.2 Å². The van der Waals surface area contributed by atoms with Crippen LogP contribution in [0, 0.1) is 0 Å². The van der Waals surface area contributed by atoms with Crippen LogP contribution in [0.1, 0.15) is 43.6 Å². The van der Waals surface area contributed by atoms with Crippen LogP contribution >= 0.6 is 0 Å². The molecule has 1 unspecified atom stereocenters. The first kappa shape index (κ1) is 16.1. The Hall–Kier alpha value is -0.950. The highest BCUT2D eigenvalue weighted by Crippen LogP contribution is 2.40. The van der Waals surface area contributed by atoms with Crippen molar-refractivity contribution >= 4 is 17.4 Å². The van der Waals surface area contributed by atoms with Gasteiger partial charge in [-0.2, -0.15) is 4.58 Å². The molecule has 1 atom stereocenters. The standard InChI is InChI=1S/C14H17NO3.HI/c1-8-14(3,4)11-7-10(13(17)18)5-6-12(11)15(8)9(2)16;/h5-7,9,16H,1-4H3;1H. The number of aliphatic hydroxyl groups is 1. The lowest BCUT2D eigenvalue weighted by molar-refractivity contribution is -0.530. The fourth-order valence-electron chi connectivity index (χ4n) is 2.54. The molecular formula is C14H18INO3. The maximum atomic E-state index is 11.0. The molecule has 0 bridgehead atoms. The van der Waals surface area contributed by atoms with Crippen LogP contribution in [0.25, 0.3) is 0 Å². The van der Waals surface area contributed by atoms with E-state index in [1.165, 1.54) is 0 Å². The first-order chi connectivity index (χ1) is 8.26.